The van der Waals surface area contributed by atoms with Crippen LogP contribution in [0.5, 0.6) is 0 Å². The Kier molecular flexibility index (Phi) is 4.42. The van der Waals surface area contributed by atoms with Crippen LogP contribution in [0.3, 0.4) is 0 Å². The molecule has 5 nitrogen and oxygen atoms in total. The van der Waals surface area contributed by atoms with Gasteiger partial charge in [-0.2, -0.15) is 5.10 Å². The number of carbonyl (C=O) groups is 1. The summed E-state index contributed by atoms with van der Waals surface area (Å²) in [4.78, 5) is 16.3. The van der Waals surface area contributed by atoms with Crippen LogP contribution in [0.1, 0.15) is 56.6 Å². The Morgan fingerprint density at radius 2 is 1.86 bits per heavy atom. The molecule has 0 spiro atoms. The minimum atomic E-state index is -0.107. The van der Waals surface area contributed by atoms with Crippen LogP contribution in [0.25, 0.3) is 0 Å². The molecule has 1 aliphatic heterocycles. The van der Waals surface area contributed by atoms with Crippen LogP contribution in [0.4, 0.5) is 0 Å². The van der Waals surface area contributed by atoms with Crippen LogP contribution in [-0.2, 0) is 5.54 Å². The van der Waals surface area contributed by atoms with Gasteiger partial charge >= 0.3 is 0 Å². The molecule has 1 aliphatic rings. The third kappa shape index (κ3) is 3.28. The van der Waals surface area contributed by atoms with Gasteiger partial charge in [0, 0.05) is 0 Å². The number of quaternary nitrogens is 1. The quantitative estimate of drug-likeness (QED) is 0.873. The molecule has 0 saturated carbocycles. The maximum absolute atomic E-state index is 12.8. The van der Waals surface area contributed by atoms with E-state index in [1.54, 1.807) is 6.20 Å². The van der Waals surface area contributed by atoms with Crippen molar-refractivity contribution in [3.63, 3.8) is 0 Å². The molecule has 1 saturated heterocycles. The number of rotatable bonds is 2. The Bertz CT molecular complexity index is 505. The summed E-state index contributed by atoms with van der Waals surface area (Å²) in [5.41, 5.74) is 1.72. The summed E-state index contributed by atoms with van der Waals surface area (Å²) >= 11 is 0. The molecule has 1 aromatic rings. The molecule has 0 unspecified atom stereocenters. The summed E-state index contributed by atoms with van der Waals surface area (Å²) in [6.45, 7) is 14.4. The second-order valence-electron chi connectivity index (χ2n) is 7.43. The van der Waals surface area contributed by atoms with Crippen molar-refractivity contribution in [2.75, 3.05) is 33.2 Å². The summed E-state index contributed by atoms with van der Waals surface area (Å²) in [5, 5.41) is 4.50. The molecule has 5 heteroatoms. The van der Waals surface area contributed by atoms with Crippen molar-refractivity contribution in [2.45, 2.75) is 46.1 Å². The zero-order valence-electron chi connectivity index (χ0n) is 14.2. The Morgan fingerprint density at radius 1 is 1.29 bits per heavy atom. The first-order chi connectivity index (χ1) is 9.71. The lowest BCUT2D eigenvalue weighted by Gasteiger charge is -2.30. The summed E-state index contributed by atoms with van der Waals surface area (Å²) in [7, 11) is 2.18. The number of hydrogen-bond donors (Lipinski definition) is 1. The highest BCUT2D eigenvalue weighted by molar-refractivity contribution is 5.95. The highest BCUT2D eigenvalue weighted by atomic mass is 16.2. The number of nitrogens with one attached hydrogen (secondary N) is 1. The van der Waals surface area contributed by atoms with Gasteiger partial charge in [0.2, 0.25) is 0 Å². The van der Waals surface area contributed by atoms with Gasteiger partial charge in [-0.05, 0) is 26.7 Å². The fourth-order valence-corrected chi connectivity index (χ4v) is 2.87. The summed E-state index contributed by atoms with van der Waals surface area (Å²) in [6, 6.07) is 0. The van der Waals surface area contributed by atoms with E-state index in [-0.39, 0.29) is 17.4 Å². The topological polar surface area (TPSA) is 42.6 Å². The molecule has 2 rings (SSSR count). The van der Waals surface area contributed by atoms with Crippen LogP contribution in [-0.4, -0.2) is 53.8 Å². The highest BCUT2D eigenvalue weighted by Crippen LogP contribution is 2.26. The first kappa shape index (κ1) is 16.0. The number of amides is 1. The molecule has 2 heterocycles. The SMILES string of the molecule is CC(C)c1c(C(=O)N2CC[NH+](C)CC2)cnn1C(C)(C)C. The highest BCUT2D eigenvalue weighted by Gasteiger charge is 2.30. The van der Waals surface area contributed by atoms with Gasteiger partial charge in [0.1, 0.15) is 0 Å². The summed E-state index contributed by atoms with van der Waals surface area (Å²) < 4.78 is 2.01. The zero-order valence-corrected chi connectivity index (χ0v) is 14.2. The van der Waals surface area contributed by atoms with Gasteiger partial charge in [-0.15, -0.1) is 0 Å². The third-order valence-corrected chi connectivity index (χ3v) is 4.12. The van der Waals surface area contributed by atoms with Crippen LogP contribution in [0, 0.1) is 0 Å². The largest absolute Gasteiger partial charge is 0.334 e. The minimum Gasteiger partial charge on any atom is -0.334 e. The molecule has 21 heavy (non-hydrogen) atoms. The maximum atomic E-state index is 12.8. The van der Waals surface area contributed by atoms with Crippen LogP contribution in [0.2, 0.25) is 0 Å². The standard InChI is InChI=1S/C16H28N4O/c1-12(2)14-13(11-17-20(14)16(3,4)5)15(21)19-9-7-18(6)8-10-19/h11-12H,7-10H2,1-6H3/p+1. The normalized spacial score (nSPS) is 17.6. The van der Waals surface area contributed by atoms with E-state index in [4.69, 9.17) is 0 Å². The smallest absolute Gasteiger partial charge is 0.257 e. The lowest BCUT2D eigenvalue weighted by molar-refractivity contribution is -0.883. The monoisotopic (exact) mass is 293 g/mol. The van der Waals surface area contributed by atoms with Crippen molar-refractivity contribution in [1.29, 1.82) is 0 Å². The maximum Gasteiger partial charge on any atom is 0.257 e. The van der Waals surface area contributed by atoms with Crippen molar-refractivity contribution in [3.8, 4) is 0 Å². The number of nitrogens with zero attached hydrogens (tertiary/aromatic N) is 3. The Labute approximate surface area is 127 Å². The summed E-state index contributed by atoms with van der Waals surface area (Å²) in [6.07, 6.45) is 1.76. The Morgan fingerprint density at radius 3 is 2.33 bits per heavy atom. The number of carbonyl (C=O) groups excluding carboxylic acids is 1. The lowest BCUT2D eigenvalue weighted by atomic mass is 10.0. The molecule has 1 N–H and O–H groups in total. The molecular formula is C16H29N4O+. The Balaban J connectivity index is 2.31. The number of piperazine rings is 1. The number of aromatic nitrogens is 2. The van der Waals surface area contributed by atoms with E-state index in [9.17, 15) is 4.79 Å². The third-order valence-electron chi connectivity index (χ3n) is 4.12. The van der Waals surface area contributed by atoms with Crippen molar-refractivity contribution in [3.05, 3.63) is 17.5 Å². The van der Waals surface area contributed by atoms with Gasteiger partial charge in [-0.3, -0.25) is 9.48 Å². The molecule has 1 fully saturated rings. The first-order valence-electron chi connectivity index (χ1n) is 7.90. The van der Waals surface area contributed by atoms with Gasteiger partial charge < -0.3 is 9.80 Å². The fourth-order valence-electron chi connectivity index (χ4n) is 2.87. The average molecular weight is 293 g/mol. The molecule has 0 radical (unpaired) electrons. The van der Waals surface area contributed by atoms with Gasteiger partial charge in [0.25, 0.3) is 5.91 Å². The van der Waals surface area contributed by atoms with Crippen LogP contribution in [0.15, 0.2) is 6.20 Å². The predicted molar refractivity (Wildman–Crippen MR) is 83.8 cm³/mol. The van der Waals surface area contributed by atoms with Crippen LogP contribution < -0.4 is 4.90 Å². The van der Waals surface area contributed by atoms with Gasteiger partial charge in [-0.25, -0.2) is 0 Å². The predicted octanol–water partition coefficient (Wildman–Crippen LogP) is 0.732. The van der Waals surface area contributed by atoms with Crippen molar-refractivity contribution in [1.82, 2.24) is 14.7 Å². The first-order valence-corrected chi connectivity index (χ1v) is 7.90. The molecule has 0 atom stereocenters. The second kappa shape index (κ2) is 5.79. The van der Waals surface area contributed by atoms with E-state index in [2.05, 4.69) is 46.8 Å². The van der Waals surface area contributed by atoms with Gasteiger partial charge in [0.05, 0.1) is 56.2 Å². The van der Waals surface area contributed by atoms with Crippen LogP contribution >= 0.6 is 0 Å². The lowest BCUT2D eigenvalue weighted by Crippen LogP contribution is -3.12. The van der Waals surface area contributed by atoms with Crippen molar-refractivity contribution in [2.24, 2.45) is 0 Å². The summed E-state index contributed by atoms with van der Waals surface area (Å²) in [5.74, 6) is 0.422. The zero-order chi connectivity index (χ0) is 15.8. The van der Waals surface area contributed by atoms with E-state index in [0.717, 1.165) is 37.4 Å². The molecular weight excluding hydrogens is 264 g/mol. The van der Waals surface area contributed by atoms with Gasteiger partial charge in [0.15, 0.2) is 0 Å². The van der Waals surface area contributed by atoms with E-state index in [0.29, 0.717) is 0 Å². The average Bonchev–Trinajstić information content (AvgIpc) is 2.83. The molecule has 0 aliphatic carbocycles. The van der Waals surface area contributed by atoms with E-state index in [1.807, 2.05) is 9.58 Å². The second-order valence-corrected chi connectivity index (χ2v) is 7.43. The minimum absolute atomic E-state index is 0.107. The molecule has 0 aromatic carbocycles. The molecule has 118 valence electrons. The van der Waals surface area contributed by atoms with Crippen molar-refractivity contribution >= 4 is 5.91 Å². The van der Waals surface area contributed by atoms with E-state index in [1.165, 1.54) is 4.90 Å². The van der Waals surface area contributed by atoms with Crippen molar-refractivity contribution < 1.29 is 9.69 Å². The fraction of sp³-hybridized carbons (Fsp3) is 0.750. The number of hydrogen-bond acceptors (Lipinski definition) is 2. The van der Waals surface area contributed by atoms with E-state index < -0.39 is 0 Å². The Hall–Kier alpha value is -1.36. The molecule has 0 bridgehead atoms. The van der Waals surface area contributed by atoms with Gasteiger partial charge in [-0.1, -0.05) is 13.8 Å². The molecule has 1 amide bonds. The van der Waals surface area contributed by atoms with E-state index >= 15 is 0 Å². The number of likely N-dealkylation sites (N-methyl/N-ethyl adjacent to an activating group) is 1. The molecule has 1 aromatic heterocycles.